The molecule has 142 valence electrons. The van der Waals surface area contributed by atoms with E-state index in [-0.39, 0.29) is 37.7 Å². The van der Waals surface area contributed by atoms with Crippen molar-refractivity contribution in [3.8, 4) is 11.5 Å². The molecule has 0 radical (unpaired) electrons. The van der Waals surface area contributed by atoms with E-state index in [1.54, 1.807) is 18.2 Å². The molecule has 1 aromatic rings. The number of hydrogen-bond donors (Lipinski definition) is 1. The third-order valence-electron chi connectivity index (χ3n) is 4.32. The number of alkyl halides is 1. The number of carboxylic acid groups (broad SMARTS) is 1. The second kappa shape index (κ2) is 8.16. The molecule has 1 atom stereocenters. The molecule has 0 aliphatic carbocycles. The summed E-state index contributed by atoms with van der Waals surface area (Å²) in [5, 5.41) is 8.85. The molecule has 0 spiro atoms. The Labute approximate surface area is 150 Å². The number of ketones is 1. The molecule has 1 aromatic carbocycles. The summed E-state index contributed by atoms with van der Waals surface area (Å²) in [5.41, 5.74) is -1.84. The van der Waals surface area contributed by atoms with Crippen molar-refractivity contribution in [1.82, 2.24) is 4.90 Å². The van der Waals surface area contributed by atoms with Gasteiger partial charge in [0.15, 0.2) is 17.3 Å². The van der Waals surface area contributed by atoms with Crippen molar-refractivity contribution in [2.45, 2.75) is 31.9 Å². The van der Waals surface area contributed by atoms with E-state index >= 15 is 0 Å². The minimum Gasteiger partial charge on any atom is -0.493 e. The van der Waals surface area contributed by atoms with E-state index in [4.69, 9.17) is 14.6 Å². The minimum absolute atomic E-state index is 0.0867. The SMILES string of the molecule is COc1cc(C(C)=O)ccc1OCCCC(=O)N1CCC(F)(C(=O)O)C1. The van der Waals surface area contributed by atoms with Crippen molar-refractivity contribution in [3.05, 3.63) is 23.8 Å². The quantitative estimate of drug-likeness (QED) is 0.559. The van der Waals surface area contributed by atoms with Crippen LogP contribution in [0.3, 0.4) is 0 Å². The Morgan fingerprint density at radius 1 is 1.31 bits per heavy atom. The number of nitrogens with zero attached hydrogens (tertiary/aromatic N) is 1. The Kier molecular flexibility index (Phi) is 6.18. The number of carbonyl (C=O) groups is 3. The first kappa shape index (κ1) is 19.7. The van der Waals surface area contributed by atoms with Crippen LogP contribution in [0, 0.1) is 0 Å². The monoisotopic (exact) mass is 367 g/mol. The van der Waals surface area contributed by atoms with Crippen LogP contribution in [0.25, 0.3) is 0 Å². The first-order valence-corrected chi connectivity index (χ1v) is 8.28. The molecule has 8 heteroatoms. The predicted molar refractivity (Wildman–Crippen MR) is 90.4 cm³/mol. The number of aliphatic carboxylic acids is 1. The summed E-state index contributed by atoms with van der Waals surface area (Å²) in [6, 6.07) is 4.84. The van der Waals surface area contributed by atoms with E-state index in [9.17, 15) is 18.8 Å². The molecule has 0 bridgehead atoms. The van der Waals surface area contributed by atoms with E-state index in [1.165, 1.54) is 18.9 Å². The lowest BCUT2D eigenvalue weighted by atomic mass is 10.1. The van der Waals surface area contributed by atoms with Gasteiger partial charge in [-0.1, -0.05) is 0 Å². The van der Waals surface area contributed by atoms with Crippen LogP contribution in [-0.2, 0) is 9.59 Å². The van der Waals surface area contributed by atoms with Gasteiger partial charge in [0.05, 0.1) is 20.3 Å². The molecule has 1 amide bonds. The predicted octanol–water partition coefficient (Wildman–Crippen LogP) is 2.08. The highest BCUT2D eigenvalue weighted by molar-refractivity contribution is 5.94. The summed E-state index contributed by atoms with van der Waals surface area (Å²) in [7, 11) is 1.47. The third kappa shape index (κ3) is 4.50. The molecule has 1 unspecified atom stereocenters. The molecule has 1 N–H and O–H groups in total. The molecular weight excluding hydrogens is 345 g/mol. The van der Waals surface area contributed by atoms with Crippen LogP contribution in [0.1, 0.15) is 36.5 Å². The van der Waals surface area contributed by atoms with Gasteiger partial charge in [-0.2, -0.15) is 0 Å². The molecule has 2 rings (SSSR count). The van der Waals surface area contributed by atoms with E-state index in [0.29, 0.717) is 23.5 Å². The molecule has 1 aliphatic heterocycles. The van der Waals surface area contributed by atoms with Crippen LogP contribution in [-0.4, -0.2) is 60.1 Å². The molecule has 1 fully saturated rings. The highest BCUT2D eigenvalue weighted by Crippen LogP contribution is 2.29. The van der Waals surface area contributed by atoms with Crippen molar-refractivity contribution in [2.75, 3.05) is 26.8 Å². The molecular formula is C18H22FNO6. The number of likely N-dealkylation sites (tertiary alicyclic amines) is 1. The van der Waals surface area contributed by atoms with E-state index in [1.807, 2.05) is 0 Å². The Bertz CT molecular complexity index is 707. The number of carboxylic acids is 1. The summed E-state index contributed by atoms with van der Waals surface area (Å²) in [6.45, 7) is 1.37. The maximum atomic E-state index is 14.0. The van der Waals surface area contributed by atoms with Crippen molar-refractivity contribution in [3.63, 3.8) is 0 Å². The molecule has 7 nitrogen and oxygen atoms in total. The maximum absolute atomic E-state index is 14.0. The summed E-state index contributed by atoms with van der Waals surface area (Å²) < 4.78 is 24.7. The Hall–Kier alpha value is -2.64. The Morgan fingerprint density at radius 2 is 2.04 bits per heavy atom. The summed E-state index contributed by atoms with van der Waals surface area (Å²) in [6.07, 6.45) is 0.327. The van der Waals surface area contributed by atoms with Crippen LogP contribution < -0.4 is 9.47 Å². The van der Waals surface area contributed by atoms with Gasteiger partial charge in [-0.25, -0.2) is 9.18 Å². The van der Waals surface area contributed by atoms with E-state index < -0.39 is 18.2 Å². The maximum Gasteiger partial charge on any atom is 0.343 e. The fourth-order valence-electron chi connectivity index (χ4n) is 2.73. The first-order chi connectivity index (χ1) is 12.3. The molecule has 1 aliphatic rings. The molecule has 0 saturated carbocycles. The average molecular weight is 367 g/mol. The lowest BCUT2D eigenvalue weighted by Gasteiger charge is -2.18. The molecule has 26 heavy (non-hydrogen) atoms. The fourth-order valence-corrected chi connectivity index (χ4v) is 2.73. The van der Waals surface area contributed by atoms with Crippen molar-refractivity contribution in [1.29, 1.82) is 0 Å². The van der Waals surface area contributed by atoms with Crippen molar-refractivity contribution >= 4 is 17.7 Å². The van der Waals surface area contributed by atoms with Crippen LogP contribution in [0.5, 0.6) is 11.5 Å². The topological polar surface area (TPSA) is 93.1 Å². The fraction of sp³-hybridized carbons (Fsp3) is 0.500. The smallest absolute Gasteiger partial charge is 0.343 e. The van der Waals surface area contributed by atoms with Gasteiger partial charge in [0, 0.05) is 24.9 Å². The van der Waals surface area contributed by atoms with Crippen LogP contribution in [0.4, 0.5) is 4.39 Å². The van der Waals surface area contributed by atoms with Crippen LogP contribution in [0.2, 0.25) is 0 Å². The van der Waals surface area contributed by atoms with Gasteiger partial charge in [-0.05, 0) is 31.5 Å². The van der Waals surface area contributed by atoms with Gasteiger partial charge in [-0.3, -0.25) is 9.59 Å². The van der Waals surface area contributed by atoms with E-state index in [0.717, 1.165) is 0 Å². The summed E-state index contributed by atoms with van der Waals surface area (Å²) >= 11 is 0. The standard InChI is InChI=1S/C18H22FNO6/c1-12(21)13-5-6-14(15(10-13)25-2)26-9-3-4-16(22)20-8-7-18(19,11-20)17(23)24/h5-6,10H,3-4,7-9,11H2,1-2H3,(H,23,24). The normalized spacial score (nSPS) is 19.3. The lowest BCUT2D eigenvalue weighted by molar-refractivity contribution is -0.150. The zero-order valence-electron chi connectivity index (χ0n) is 14.8. The highest BCUT2D eigenvalue weighted by Gasteiger charge is 2.46. The first-order valence-electron chi connectivity index (χ1n) is 8.28. The van der Waals surface area contributed by atoms with Crippen LogP contribution in [0.15, 0.2) is 18.2 Å². The Balaban J connectivity index is 1.81. The van der Waals surface area contributed by atoms with Gasteiger partial charge in [0.1, 0.15) is 0 Å². The van der Waals surface area contributed by atoms with Gasteiger partial charge in [0.25, 0.3) is 0 Å². The second-order valence-electron chi connectivity index (χ2n) is 6.21. The summed E-state index contributed by atoms with van der Waals surface area (Å²) in [4.78, 5) is 35.5. The number of carbonyl (C=O) groups excluding carboxylic acids is 2. The largest absolute Gasteiger partial charge is 0.493 e. The number of benzene rings is 1. The van der Waals surface area contributed by atoms with Crippen LogP contribution >= 0.6 is 0 Å². The number of amides is 1. The van der Waals surface area contributed by atoms with Gasteiger partial charge >= 0.3 is 5.97 Å². The molecule has 1 saturated heterocycles. The molecule has 0 aromatic heterocycles. The highest BCUT2D eigenvalue weighted by atomic mass is 19.1. The number of methoxy groups -OCH3 is 1. The second-order valence-corrected chi connectivity index (χ2v) is 6.21. The number of hydrogen-bond acceptors (Lipinski definition) is 5. The zero-order valence-corrected chi connectivity index (χ0v) is 14.8. The third-order valence-corrected chi connectivity index (χ3v) is 4.32. The number of rotatable bonds is 8. The minimum atomic E-state index is -2.35. The van der Waals surface area contributed by atoms with E-state index in [2.05, 4.69) is 0 Å². The van der Waals surface area contributed by atoms with Gasteiger partial charge < -0.3 is 19.5 Å². The van der Waals surface area contributed by atoms with Crippen molar-refractivity contribution in [2.24, 2.45) is 0 Å². The average Bonchev–Trinajstić information content (AvgIpc) is 3.02. The van der Waals surface area contributed by atoms with Gasteiger partial charge in [-0.15, -0.1) is 0 Å². The molecule has 1 heterocycles. The number of ether oxygens (including phenoxy) is 2. The number of halogens is 1. The lowest BCUT2D eigenvalue weighted by Crippen LogP contribution is -2.38. The van der Waals surface area contributed by atoms with Crippen molar-refractivity contribution < 1.29 is 33.4 Å². The number of Topliss-reactive ketones (excluding diaryl/α,β-unsaturated/α-hetero) is 1. The Morgan fingerprint density at radius 3 is 2.62 bits per heavy atom. The zero-order chi connectivity index (χ0) is 19.3. The summed E-state index contributed by atoms with van der Waals surface area (Å²) in [5.74, 6) is -1.03. The van der Waals surface area contributed by atoms with Gasteiger partial charge in [0.2, 0.25) is 11.6 Å².